The zero-order chi connectivity index (χ0) is 11.5. The van der Waals surface area contributed by atoms with Gasteiger partial charge in [0.25, 0.3) is 0 Å². The summed E-state index contributed by atoms with van der Waals surface area (Å²) in [6, 6.07) is 0.294. The van der Waals surface area contributed by atoms with E-state index < -0.39 is 5.63 Å². The maximum absolute atomic E-state index is 11.5. The lowest BCUT2D eigenvalue weighted by molar-refractivity contribution is -0.788. The Morgan fingerprint density at radius 2 is 2.19 bits per heavy atom. The average molecular weight is 224 g/mol. The number of aromatic amines is 1. The molecule has 0 atom stereocenters. The Labute approximate surface area is 93.9 Å². The number of nitrogens with one attached hydrogen (secondary N) is 2. The summed E-state index contributed by atoms with van der Waals surface area (Å²) < 4.78 is 6.57. The van der Waals surface area contributed by atoms with Gasteiger partial charge in [-0.25, -0.2) is 4.79 Å². The minimum absolute atomic E-state index is 0.294. The molecular formula is C11H18N3O2+. The molecule has 1 aromatic rings. The molecule has 1 saturated carbocycles. The molecule has 0 bridgehead atoms. The molecule has 0 amide bonds. The summed E-state index contributed by atoms with van der Waals surface area (Å²) in [4.78, 5) is 11.5. The van der Waals surface area contributed by atoms with Gasteiger partial charge in [-0.2, -0.15) is 0 Å². The van der Waals surface area contributed by atoms with E-state index in [0.29, 0.717) is 23.9 Å². The second kappa shape index (κ2) is 4.63. The van der Waals surface area contributed by atoms with Crippen LogP contribution < -0.4 is 10.3 Å². The summed E-state index contributed by atoms with van der Waals surface area (Å²) in [6.07, 6.45) is 6.30. The highest BCUT2D eigenvalue weighted by Gasteiger charge is 2.32. The van der Waals surface area contributed by atoms with Crippen LogP contribution in [0.25, 0.3) is 0 Å². The van der Waals surface area contributed by atoms with Crippen molar-refractivity contribution < 1.29 is 9.20 Å². The van der Waals surface area contributed by atoms with Crippen molar-refractivity contribution in [2.75, 3.05) is 0 Å². The third kappa shape index (κ3) is 1.94. The topological polar surface area (TPSA) is 73.7 Å². The van der Waals surface area contributed by atoms with E-state index in [-0.39, 0.29) is 0 Å². The molecule has 0 unspecified atom stereocenters. The molecule has 1 heterocycles. The Morgan fingerprint density at radius 3 is 2.81 bits per heavy atom. The van der Waals surface area contributed by atoms with E-state index in [1.54, 1.807) is 4.68 Å². The van der Waals surface area contributed by atoms with E-state index in [0.717, 1.165) is 12.8 Å². The summed E-state index contributed by atoms with van der Waals surface area (Å²) in [6.45, 7) is 1.87. The van der Waals surface area contributed by atoms with Crippen LogP contribution in [0.4, 0.5) is 0 Å². The van der Waals surface area contributed by atoms with E-state index in [4.69, 9.17) is 9.93 Å². The van der Waals surface area contributed by atoms with Gasteiger partial charge in [0.2, 0.25) is 0 Å². The fourth-order valence-electron chi connectivity index (χ4n) is 2.32. The predicted molar refractivity (Wildman–Crippen MR) is 58.8 cm³/mol. The fraction of sp³-hybridized carbons (Fsp3) is 0.727. The first kappa shape index (κ1) is 11.1. The summed E-state index contributed by atoms with van der Waals surface area (Å²) in [5.74, 6) is 0. The maximum Gasteiger partial charge on any atom is 0.436 e. The number of hydrogen-bond acceptors (Lipinski definition) is 3. The molecule has 5 nitrogen and oxygen atoms in total. The van der Waals surface area contributed by atoms with Gasteiger partial charge in [-0.05, 0) is 24.5 Å². The molecule has 88 valence electrons. The lowest BCUT2D eigenvalue weighted by atomic mass is 9.95. The van der Waals surface area contributed by atoms with Crippen LogP contribution in [-0.2, 0) is 0 Å². The van der Waals surface area contributed by atoms with Crippen LogP contribution >= 0.6 is 0 Å². The van der Waals surface area contributed by atoms with Gasteiger partial charge < -0.3 is 0 Å². The lowest BCUT2D eigenvalue weighted by Crippen LogP contribution is -2.48. The van der Waals surface area contributed by atoms with Gasteiger partial charge in [0, 0.05) is 12.8 Å². The van der Waals surface area contributed by atoms with Gasteiger partial charge in [-0.3, -0.25) is 9.93 Å². The van der Waals surface area contributed by atoms with Crippen molar-refractivity contribution in [2.24, 2.45) is 0 Å². The average Bonchev–Trinajstić information content (AvgIpc) is 2.71. The van der Waals surface area contributed by atoms with Gasteiger partial charge >= 0.3 is 11.3 Å². The molecule has 0 aliphatic heterocycles. The first-order valence-electron chi connectivity index (χ1n) is 5.94. The Balaban J connectivity index is 2.33. The predicted octanol–water partition coefficient (Wildman–Crippen LogP) is 1.54. The van der Waals surface area contributed by atoms with Crippen molar-refractivity contribution in [1.82, 2.24) is 5.27 Å². The molecule has 1 fully saturated rings. The monoisotopic (exact) mass is 224 g/mol. The molecule has 1 aliphatic rings. The van der Waals surface area contributed by atoms with Crippen molar-refractivity contribution >= 4 is 5.71 Å². The highest BCUT2D eigenvalue weighted by Crippen LogP contribution is 2.23. The van der Waals surface area contributed by atoms with E-state index in [1.807, 2.05) is 6.92 Å². The maximum atomic E-state index is 11.5. The zero-order valence-corrected chi connectivity index (χ0v) is 9.58. The Hall–Kier alpha value is -1.39. The smallest absolute Gasteiger partial charge is 0.298 e. The SMILES string of the molecule is CCC(=N)c1c(=O)o[nH][n+]1C1CCCCC1. The first-order chi connectivity index (χ1) is 7.74. The highest BCUT2D eigenvalue weighted by molar-refractivity contribution is 5.94. The van der Waals surface area contributed by atoms with Crippen LogP contribution in [0.2, 0.25) is 0 Å². The third-order valence-corrected chi connectivity index (χ3v) is 3.25. The normalized spacial score (nSPS) is 17.6. The van der Waals surface area contributed by atoms with Crippen molar-refractivity contribution in [3.8, 4) is 0 Å². The molecule has 1 aliphatic carbocycles. The second-order valence-corrected chi connectivity index (χ2v) is 4.32. The van der Waals surface area contributed by atoms with Crippen molar-refractivity contribution in [1.29, 1.82) is 5.41 Å². The van der Waals surface area contributed by atoms with Crippen LogP contribution in [0, 0.1) is 5.41 Å². The van der Waals surface area contributed by atoms with Crippen molar-refractivity contribution in [2.45, 2.75) is 51.5 Å². The van der Waals surface area contributed by atoms with E-state index in [9.17, 15) is 4.79 Å². The van der Waals surface area contributed by atoms with E-state index in [1.165, 1.54) is 19.3 Å². The summed E-state index contributed by atoms with van der Waals surface area (Å²) in [5.41, 5.74) is 0.326. The summed E-state index contributed by atoms with van der Waals surface area (Å²) >= 11 is 0. The standard InChI is InChI=1S/C11H17N3O2/c1-2-9(12)10-11(15)16-13-14(10)8-6-4-3-5-7-8/h8H,2-7H2,1H3,(H-,12,13,15)/p+1. The number of nitrogens with zero attached hydrogens (tertiary/aromatic N) is 1. The largest absolute Gasteiger partial charge is 0.436 e. The zero-order valence-electron chi connectivity index (χ0n) is 9.58. The van der Waals surface area contributed by atoms with Crippen LogP contribution in [-0.4, -0.2) is 11.0 Å². The van der Waals surface area contributed by atoms with E-state index in [2.05, 4.69) is 5.27 Å². The molecule has 5 heteroatoms. The van der Waals surface area contributed by atoms with Gasteiger partial charge in [0.1, 0.15) is 5.71 Å². The van der Waals surface area contributed by atoms with Gasteiger partial charge in [-0.15, -0.1) is 0 Å². The Kier molecular flexibility index (Phi) is 3.22. The molecule has 0 saturated heterocycles. The molecule has 0 spiro atoms. The molecule has 2 rings (SSSR count). The summed E-state index contributed by atoms with van der Waals surface area (Å²) in [7, 11) is 0. The van der Waals surface area contributed by atoms with Crippen LogP contribution in [0.5, 0.6) is 0 Å². The van der Waals surface area contributed by atoms with Gasteiger partial charge in [-0.1, -0.05) is 18.0 Å². The molecule has 1 aromatic heterocycles. The van der Waals surface area contributed by atoms with Crippen molar-refractivity contribution in [3.05, 3.63) is 16.1 Å². The summed E-state index contributed by atoms with van der Waals surface area (Å²) in [5, 5.41) is 10.4. The van der Waals surface area contributed by atoms with Gasteiger partial charge in [0.15, 0.2) is 6.04 Å². The lowest BCUT2D eigenvalue weighted by Gasteiger charge is -2.14. The van der Waals surface area contributed by atoms with Crippen LogP contribution in [0.15, 0.2) is 9.32 Å². The quantitative estimate of drug-likeness (QED) is 0.603. The number of aromatic nitrogens is 2. The number of rotatable bonds is 3. The van der Waals surface area contributed by atoms with Gasteiger partial charge in [0.05, 0.1) is 0 Å². The van der Waals surface area contributed by atoms with Crippen LogP contribution in [0.1, 0.15) is 57.2 Å². The molecule has 0 radical (unpaired) electrons. The minimum atomic E-state index is -0.419. The molecule has 16 heavy (non-hydrogen) atoms. The molecular weight excluding hydrogens is 206 g/mol. The molecule has 0 aromatic carbocycles. The molecule has 2 N–H and O–H groups in total. The van der Waals surface area contributed by atoms with Crippen LogP contribution in [0.3, 0.4) is 0 Å². The first-order valence-corrected chi connectivity index (χ1v) is 5.94. The Morgan fingerprint density at radius 1 is 1.50 bits per heavy atom. The fourth-order valence-corrected chi connectivity index (χ4v) is 2.32. The number of hydrogen-bond donors (Lipinski definition) is 2. The van der Waals surface area contributed by atoms with E-state index >= 15 is 0 Å². The van der Waals surface area contributed by atoms with Crippen molar-refractivity contribution in [3.63, 3.8) is 0 Å². The Bertz CT molecular complexity index is 427. The third-order valence-electron chi connectivity index (χ3n) is 3.25. The minimum Gasteiger partial charge on any atom is -0.298 e. The number of H-pyrrole nitrogens is 1. The highest BCUT2D eigenvalue weighted by atomic mass is 16.5. The second-order valence-electron chi connectivity index (χ2n) is 4.32.